The van der Waals surface area contributed by atoms with Gasteiger partial charge in [-0.1, -0.05) is 37.6 Å². The molecular formula is C20H21ClN2O6. The number of nitro groups is 1. The maximum atomic E-state index is 12.5. The van der Waals surface area contributed by atoms with E-state index in [2.05, 4.69) is 5.32 Å². The second-order valence-electron chi connectivity index (χ2n) is 6.57. The average Bonchev–Trinajstić information content (AvgIpc) is 2.67. The zero-order valence-electron chi connectivity index (χ0n) is 16.2. The number of nitro benzene ring substituents is 1. The molecule has 2 aromatic carbocycles. The zero-order chi connectivity index (χ0) is 21.6. The van der Waals surface area contributed by atoms with E-state index in [1.54, 1.807) is 24.3 Å². The van der Waals surface area contributed by atoms with Gasteiger partial charge in [0.2, 0.25) is 0 Å². The molecule has 2 rings (SSSR count). The molecule has 1 N–H and O–H groups in total. The Balaban J connectivity index is 2.06. The van der Waals surface area contributed by atoms with Crippen molar-refractivity contribution in [3.8, 4) is 5.75 Å². The third-order valence-electron chi connectivity index (χ3n) is 4.16. The molecule has 0 fully saturated rings. The van der Waals surface area contributed by atoms with Crippen LogP contribution in [0.1, 0.15) is 25.3 Å². The molecule has 0 radical (unpaired) electrons. The molecule has 1 atom stereocenters. The summed E-state index contributed by atoms with van der Waals surface area (Å²) in [5.41, 5.74) is 0.636. The Morgan fingerprint density at radius 1 is 1.17 bits per heavy atom. The van der Waals surface area contributed by atoms with Crippen molar-refractivity contribution in [2.75, 3.05) is 19.0 Å². The number of nitrogens with zero attached hydrogens (tertiary/aromatic N) is 1. The monoisotopic (exact) mass is 420 g/mol. The first-order valence-electron chi connectivity index (χ1n) is 8.77. The summed E-state index contributed by atoms with van der Waals surface area (Å²) in [6, 6.07) is 10.6. The molecule has 0 bridgehead atoms. The first-order chi connectivity index (χ1) is 13.7. The Labute approximate surface area is 172 Å². The minimum absolute atomic E-state index is 0.0661. The Kier molecular flexibility index (Phi) is 7.55. The van der Waals surface area contributed by atoms with Crippen LogP contribution < -0.4 is 10.1 Å². The van der Waals surface area contributed by atoms with Crippen LogP contribution in [-0.4, -0.2) is 30.5 Å². The fourth-order valence-electron chi connectivity index (χ4n) is 2.78. The molecular weight excluding hydrogens is 400 g/mol. The number of nitrogens with one attached hydrogen (secondary N) is 1. The second kappa shape index (κ2) is 9.88. The number of non-ortho nitro benzene ring substituents is 1. The van der Waals surface area contributed by atoms with Crippen LogP contribution in [0.25, 0.3) is 0 Å². The van der Waals surface area contributed by atoms with Crippen LogP contribution >= 0.6 is 11.6 Å². The molecule has 0 aliphatic carbocycles. The van der Waals surface area contributed by atoms with Gasteiger partial charge in [-0.15, -0.1) is 0 Å². The number of ether oxygens (including phenoxy) is 2. The van der Waals surface area contributed by atoms with Crippen LogP contribution in [0.15, 0.2) is 42.5 Å². The van der Waals surface area contributed by atoms with E-state index in [1.807, 2.05) is 13.8 Å². The van der Waals surface area contributed by atoms with Crippen molar-refractivity contribution in [1.29, 1.82) is 0 Å². The van der Waals surface area contributed by atoms with E-state index >= 15 is 0 Å². The maximum absolute atomic E-state index is 12.5. The number of methoxy groups -OCH3 is 1. The van der Waals surface area contributed by atoms with Gasteiger partial charge in [-0.25, -0.2) is 0 Å². The van der Waals surface area contributed by atoms with Crippen LogP contribution in [0, 0.1) is 16.0 Å². The lowest BCUT2D eigenvalue weighted by Crippen LogP contribution is -2.26. The number of rotatable bonds is 8. The van der Waals surface area contributed by atoms with Crippen LogP contribution in [0.3, 0.4) is 0 Å². The lowest BCUT2D eigenvalue weighted by Gasteiger charge is -2.20. The zero-order valence-corrected chi connectivity index (χ0v) is 16.9. The van der Waals surface area contributed by atoms with Crippen molar-refractivity contribution in [3.05, 3.63) is 63.2 Å². The number of anilines is 1. The molecule has 0 aliphatic rings. The highest BCUT2D eigenvalue weighted by Gasteiger charge is 2.26. The Bertz CT molecular complexity index is 898. The van der Waals surface area contributed by atoms with Gasteiger partial charge < -0.3 is 14.8 Å². The summed E-state index contributed by atoms with van der Waals surface area (Å²) in [6.45, 7) is 3.20. The number of carbonyl (C=O) groups excluding carboxylic acids is 2. The fourth-order valence-corrected chi connectivity index (χ4v) is 2.91. The quantitative estimate of drug-likeness (QED) is 0.390. The minimum atomic E-state index is -0.643. The Hall–Kier alpha value is -3.13. The van der Waals surface area contributed by atoms with Gasteiger partial charge in [0, 0.05) is 17.2 Å². The van der Waals surface area contributed by atoms with Gasteiger partial charge in [-0.3, -0.25) is 19.7 Å². The topological polar surface area (TPSA) is 108 Å². The first kappa shape index (κ1) is 22.2. The molecule has 0 spiro atoms. The predicted molar refractivity (Wildman–Crippen MR) is 108 cm³/mol. The standard InChI is InChI=1S/C20H21ClN2O6/c1-12(2)19(13-4-6-14(21)7-5-13)20(25)29-11-18(24)22-16-10-15(23(26)27)8-9-17(16)28-3/h4-10,12,19H,11H2,1-3H3,(H,22,24)/t19-/m1/s1. The summed E-state index contributed by atoms with van der Waals surface area (Å²) in [5, 5.41) is 13.9. The highest BCUT2D eigenvalue weighted by molar-refractivity contribution is 6.30. The number of halogens is 1. The lowest BCUT2D eigenvalue weighted by atomic mass is 9.88. The predicted octanol–water partition coefficient (Wildman–Crippen LogP) is 4.18. The van der Waals surface area contributed by atoms with Gasteiger partial charge in [0.1, 0.15) is 5.75 Å². The van der Waals surface area contributed by atoms with Crippen molar-refractivity contribution >= 4 is 34.9 Å². The van der Waals surface area contributed by atoms with Crippen molar-refractivity contribution in [3.63, 3.8) is 0 Å². The smallest absolute Gasteiger partial charge is 0.314 e. The fraction of sp³-hybridized carbons (Fsp3) is 0.300. The van der Waals surface area contributed by atoms with E-state index in [9.17, 15) is 19.7 Å². The van der Waals surface area contributed by atoms with Gasteiger partial charge in [0.05, 0.1) is 23.6 Å². The lowest BCUT2D eigenvalue weighted by molar-refractivity contribution is -0.384. The number of hydrogen-bond donors (Lipinski definition) is 1. The molecule has 9 heteroatoms. The number of benzene rings is 2. The van der Waals surface area contributed by atoms with E-state index in [1.165, 1.54) is 25.3 Å². The SMILES string of the molecule is COc1ccc([N+](=O)[O-])cc1NC(=O)COC(=O)[C@@H](c1ccc(Cl)cc1)C(C)C. The highest BCUT2D eigenvalue weighted by Crippen LogP contribution is 2.29. The maximum Gasteiger partial charge on any atom is 0.314 e. The molecule has 154 valence electrons. The molecule has 1 amide bonds. The average molecular weight is 421 g/mol. The van der Waals surface area contributed by atoms with E-state index < -0.39 is 29.3 Å². The van der Waals surface area contributed by atoms with Gasteiger partial charge in [-0.05, 0) is 29.7 Å². The third kappa shape index (κ3) is 5.92. The molecule has 0 aromatic heterocycles. The van der Waals surface area contributed by atoms with Gasteiger partial charge in [0.25, 0.3) is 11.6 Å². The minimum Gasteiger partial charge on any atom is -0.495 e. The van der Waals surface area contributed by atoms with Crippen LogP contribution in [0.5, 0.6) is 5.75 Å². The van der Waals surface area contributed by atoms with Gasteiger partial charge in [0.15, 0.2) is 6.61 Å². The molecule has 0 unspecified atom stereocenters. The number of amides is 1. The van der Waals surface area contributed by atoms with Crippen molar-refractivity contribution in [2.24, 2.45) is 5.92 Å². The van der Waals surface area contributed by atoms with E-state index in [-0.39, 0.29) is 23.0 Å². The summed E-state index contributed by atoms with van der Waals surface area (Å²) in [7, 11) is 1.37. The summed E-state index contributed by atoms with van der Waals surface area (Å²) in [5.74, 6) is -1.58. The summed E-state index contributed by atoms with van der Waals surface area (Å²) >= 11 is 5.89. The summed E-state index contributed by atoms with van der Waals surface area (Å²) in [4.78, 5) is 35.1. The largest absolute Gasteiger partial charge is 0.495 e. The van der Waals surface area contributed by atoms with Crippen molar-refractivity contribution < 1.29 is 24.0 Å². The highest BCUT2D eigenvalue weighted by atomic mass is 35.5. The van der Waals surface area contributed by atoms with Gasteiger partial charge >= 0.3 is 5.97 Å². The van der Waals surface area contributed by atoms with Gasteiger partial charge in [-0.2, -0.15) is 0 Å². The van der Waals surface area contributed by atoms with Crippen molar-refractivity contribution in [2.45, 2.75) is 19.8 Å². The van der Waals surface area contributed by atoms with Crippen molar-refractivity contribution in [1.82, 2.24) is 0 Å². The number of hydrogen-bond acceptors (Lipinski definition) is 6. The number of esters is 1. The van der Waals surface area contributed by atoms with E-state index in [4.69, 9.17) is 21.1 Å². The Morgan fingerprint density at radius 2 is 1.83 bits per heavy atom. The molecule has 0 saturated heterocycles. The Morgan fingerprint density at radius 3 is 2.38 bits per heavy atom. The van der Waals surface area contributed by atoms with Crippen LogP contribution in [0.4, 0.5) is 11.4 Å². The molecule has 0 saturated carbocycles. The molecule has 29 heavy (non-hydrogen) atoms. The molecule has 0 heterocycles. The molecule has 8 nitrogen and oxygen atoms in total. The van der Waals surface area contributed by atoms with Crippen LogP contribution in [-0.2, 0) is 14.3 Å². The van der Waals surface area contributed by atoms with E-state index in [0.717, 1.165) is 5.56 Å². The molecule has 0 aliphatic heterocycles. The normalized spacial score (nSPS) is 11.6. The first-order valence-corrected chi connectivity index (χ1v) is 9.15. The molecule has 2 aromatic rings. The summed E-state index contributed by atoms with van der Waals surface area (Å²) in [6.07, 6.45) is 0. The number of carbonyl (C=O) groups is 2. The van der Waals surface area contributed by atoms with Crippen LogP contribution in [0.2, 0.25) is 5.02 Å². The third-order valence-corrected chi connectivity index (χ3v) is 4.42. The second-order valence-corrected chi connectivity index (χ2v) is 7.01. The van der Waals surface area contributed by atoms with E-state index in [0.29, 0.717) is 5.02 Å². The summed E-state index contributed by atoms with van der Waals surface area (Å²) < 4.78 is 10.3.